The van der Waals surface area contributed by atoms with Crippen LogP contribution >= 0.6 is 0 Å². The van der Waals surface area contributed by atoms with Crippen LogP contribution in [-0.2, 0) is 11.8 Å². The van der Waals surface area contributed by atoms with Crippen LogP contribution in [0.5, 0.6) is 0 Å². The first-order valence-electron chi connectivity index (χ1n) is 9.83. The summed E-state index contributed by atoms with van der Waals surface area (Å²) in [7, 11) is 1.89. The van der Waals surface area contributed by atoms with E-state index in [1.54, 1.807) is 29.3 Å². The molecule has 0 radical (unpaired) electrons. The Balaban J connectivity index is 1.40. The van der Waals surface area contributed by atoms with Crippen molar-refractivity contribution in [3.63, 3.8) is 0 Å². The van der Waals surface area contributed by atoms with Crippen molar-refractivity contribution in [2.75, 3.05) is 24.5 Å². The van der Waals surface area contributed by atoms with E-state index in [9.17, 15) is 14.0 Å². The number of aromatic nitrogens is 2. The lowest BCUT2D eigenvalue weighted by Gasteiger charge is -2.34. The predicted molar refractivity (Wildman–Crippen MR) is 108 cm³/mol. The number of carbonyl (C=O) groups excluding carboxylic acids is 2. The van der Waals surface area contributed by atoms with Gasteiger partial charge in [-0.15, -0.1) is 0 Å². The Kier molecular flexibility index (Phi) is 5.33. The summed E-state index contributed by atoms with van der Waals surface area (Å²) in [5.41, 5.74) is 2.47. The average molecular weight is 397 g/mol. The highest BCUT2D eigenvalue weighted by Gasteiger charge is 2.33. The Morgan fingerprint density at radius 1 is 1.24 bits per heavy atom. The number of urea groups is 1. The number of amides is 3. The summed E-state index contributed by atoms with van der Waals surface area (Å²) in [6, 6.07) is 7.28. The van der Waals surface area contributed by atoms with Crippen LogP contribution in [0.15, 0.2) is 42.6 Å². The molecule has 2 aliphatic rings. The van der Waals surface area contributed by atoms with Gasteiger partial charge < -0.3 is 15.1 Å². The molecule has 1 fully saturated rings. The van der Waals surface area contributed by atoms with Gasteiger partial charge in [0.2, 0.25) is 5.91 Å². The second-order valence-electron chi connectivity index (χ2n) is 7.35. The highest BCUT2D eigenvalue weighted by Crippen LogP contribution is 2.25. The van der Waals surface area contributed by atoms with E-state index in [0.29, 0.717) is 32.5 Å². The molecule has 8 heteroatoms. The van der Waals surface area contributed by atoms with Gasteiger partial charge in [-0.1, -0.05) is 18.2 Å². The van der Waals surface area contributed by atoms with Gasteiger partial charge >= 0.3 is 6.03 Å². The highest BCUT2D eigenvalue weighted by atomic mass is 19.1. The quantitative estimate of drug-likeness (QED) is 0.865. The third-order valence-electron chi connectivity index (χ3n) is 5.53. The molecule has 0 saturated carbocycles. The number of nitrogens with zero attached hydrogens (tertiary/aromatic N) is 4. The number of carbonyl (C=O) groups is 2. The number of halogens is 1. The molecular formula is C21H24FN5O2. The first-order chi connectivity index (χ1) is 14.0. The zero-order valence-electron chi connectivity index (χ0n) is 16.3. The lowest BCUT2D eigenvalue weighted by Crippen LogP contribution is -2.55. The van der Waals surface area contributed by atoms with Crippen LogP contribution in [0.1, 0.15) is 25.0 Å². The predicted octanol–water partition coefficient (Wildman–Crippen LogP) is 2.55. The summed E-state index contributed by atoms with van der Waals surface area (Å²) in [5.74, 6) is -0.700. The summed E-state index contributed by atoms with van der Waals surface area (Å²) < 4.78 is 15.9. The Morgan fingerprint density at radius 3 is 2.76 bits per heavy atom. The van der Waals surface area contributed by atoms with E-state index in [-0.39, 0.29) is 17.6 Å². The molecular weight excluding hydrogens is 373 g/mol. The molecule has 7 nitrogen and oxygen atoms in total. The Bertz CT molecular complexity index is 954. The number of hydrogen-bond donors (Lipinski definition) is 1. The minimum Gasteiger partial charge on any atom is -0.326 e. The maximum Gasteiger partial charge on any atom is 0.318 e. The van der Waals surface area contributed by atoms with Crippen molar-refractivity contribution < 1.29 is 14.0 Å². The van der Waals surface area contributed by atoms with Gasteiger partial charge in [-0.2, -0.15) is 5.10 Å². The number of para-hydroxylation sites is 1. The van der Waals surface area contributed by atoms with Gasteiger partial charge in [0.05, 0.1) is 11.4 Å². The van der Waals surface area contributed by atoms with Crippen molar-refractivity contribution in [3.8, 4) is 0 Å². The second kappa shape index (κ2) is 8.06. The summed E-state index contributed by atoms with van der Waals surface area (Å²) in [6.45, 7) is 1.50. The molecule has 0 bridgehead atoms. The maximum absolute atomic E-state index is 14.1. The van der Waals surface area contributed by atoms with Crippen molar-refractivity contribution >= 4 is 23.2 Å². The molecule has 3 heterocycles. The lowest BCUT2D eigenvalue weighted by atomic mass is 10.0. The molecule has 29 heavy (non-hydrogen) atoms. The van der Waals surface area contributed by atoms with Gasteiger partial charge in [0, 0.05) is 32.9 Å². The molecule has 2 aliphatic heterocycles. The fraction of sp³-hybridized carbons (Fsp3) is 0.381. The summed E-state index contributed by atoms with van der Waals surface area (Å²) in [6.07, 6.45) is 5.77. The molecule has 3 amide bonds. The number of aryl methyl sites for hydroxylation is 1. The van der Waals surface area contributed by atoms with Crippen molar-refractivity contribution in [3.05, 3.63) is 54.1 Å². The topological polar surface area (TPSA) is 70.5 Å². The molecule has 152 valence electrons. The average Bonchev–Trinajstić information content (AvgIpc) is 3.16. The number of rotatable bonds is 3. The van der Waals surface area contributed by atoms with Crippen molar-refractivity contribution in [2.24, 2.45) is 7.05 Å². The molecule has 4 rings (SSSR count). The highest BCUT2D eigenvalue weighted by molar-refractivity contribution is 5.99. The van der Waals surface area contributed by atoms with Crippen LogP contribution in [0.3, 0.4) is 0 Å². The molecule has 2 aromatic rings. The van der Waals surface area contributed by atoms with Crippen molar-refractivity contribution in [2.45, 2.75) is 25.3 Å². The number of nitrogens with one attached hydrogen (secondary N) is 1. The summed E-state index contributed by atoms with van der Waals surface area (Å²) >= 11 is 0. The number of benzene rings is 1. The maximum atomic E-state index is 14.1. The minimum absolute atomic E-state index is 0.262. The van der Waals surface area contributed by atoms with Crippen molar-refractivity contribution in [1.29, 1.82) is 0 Å². The largest absolute Gasteiger partial charge is 0.326 e. The molecule has 1 atom stereocenters. The normalized spacial score (nSPS) is 19.9. The number of piperidine rings is 1. The van der Waals surface area contributed by atoms with E-state index in [4.69, 9.17) is 0 Å². The fourth-order valence-electron chi connectivity index (χ4n) is 3.93. The number of hydrogen-bond acceptors (Lipinski definition) is 3. The van der Waals surface area contributed by atoms with Crippen LogP contribution in [0.4, 0.5) is 14.9 Å². The summed E-state index contributed by atoms with van der Waals surface area (Å²) in [4.78, 5) is 28.7. The zero-order chi connectivity index (χ0) is 20.4. The Hall–Kier alpha value is -3.16. The van der Waals surface area contributed by atoms with E-state index in [0.717, 1.165) is 17.7 Å². The third kappa shape index (κ3) is 3.87. The molecule has 1 aromatic heterocycles. The monoisotopic (exact) mass is 397 g/mol. The van der Waals surface area contributed by atoms with Gasteiger partial charge in [0.25, 0.3) is 0 Å². The smallest absolute Gasteiger partial charge is 0.318 e. The van der Waals surface area contributed by atoms with E-state index < -0.39 is 11.9 Å². The van der Waals surface area contributed by atoms with E-state index in [2.05, 4.69) is 10.4 Å². The van der Waals surface area contributed by atoms with Gasteiger partial charge in [0.1, 0.15) is 11.9 Å². The third-order valence-corrected chi connectivity index (χ3v) is 5.53. The van der Waals surface area contributed by atoms with Gasteiger partial charge in [-0.3, -0.25) is 9.48 Å². The molecule has 0 aliphatic carbocycles. The standard InChI is InChI=1S/C21H24FN5O2/c1-25-18(8-11-23-25)15-9-13-26(14-10-15)21(29)24-17-6-4-12-27(20(17)28)19-7-3-2-5-16(19)22/h2-3,5,7-9,11,17H,4,6,10,12-14H2,1H3,(H,24,29). The molecule has 0 spiro atoms. The fourth-order valence-corrected chi connectivity index (χ4v) is 3.93. The zero-order valence-corrected chi connectivity index (χ0v) is 16.3. The molecule has 1 aromatic carbocycles. The SMILES string of the molecule is Cn1nccc1C1=CCN(C(=O)NC2CCCN(c3ccccc3F)C2=O)CC1. The Morgan fingerprint density at radius 2 is 2.07 bits per heavy atom. The Labute approximate surface area is 168 Å². The van der Waals surface area contributed by atoms with Crippen LogP contribution in [0, 0.1) is 5.82 Å². The van der Waals surface area contributed by atoms with E-state index in [1.165, 1.54) is 11.0 Å². The van der Waals surface area contributed by atoms with Gasteiger partial charge in [-0.05, 0) is 43.0 Å². The van der Waals surface area contributed by atoms with Gasteiger partial charge in [-0.25, -0.2) is 9.18 Å². The minimum atomic E-state index is -0.640. The van der Waals surface area contributed by atoms with Crippen LogP contribution in [0.2, 0.25) is 0 Å². The second-order valence-corrected chi connectivity index (χ2v) is 7.35. The van der Waals surface area contributed by atoms with Crippen LogP contribution < -0.4 is 10.2 Å². The first-order valence-corrected chi connectivity index (χ1v) is 9.83. The first kappa shape index (κ1) is 19.2. The van der Waals surface area contributed by atoms with Crippen LogP contribution in [-0.4, -0.2) is 52.3 Å². The van der Waals surface area contributed by atoms with E-state index in [1.807, 2.05) is 23.9 Å². The summed E-state index contributed by atoms with van der Waals surface area (Å²) in [5, 5.41) is 7.03. The molecule has 1 N–H and O–H groups in total. The van der Waals surface area contributed by atoms with Crippen molar-refractivity contribution in [1.82, 2.24) is 20.0 Å². The molecule has 1 saturated heterocycles. The van der Waals surface area contributed by atoms with Crippen LogP contribution in [0.25, 0.3) is 5.57 Å². The van der Waals surface area contributed by atoms with E-state index >= 15 is 0 Å². The number of anilines is 1. The van der Waals surface area contributed by atoms with Gasteiger partial charge in [0.15, 0.2) is 0 Å². The lowest BCUT2D eigenvalue weighted by molar-refractivity contribution is -0.121. The molecule has 1 unspecified atom stereocenters.